The van der Waals surface area contributed by atoms with E-state index >= 15 is 0 Å². The van der Waals surface area contributed by atoms with Gasteiger partial charge in [-0.3, -0.25) is 10.1 Å². The largest absolute Gasteiger partial charge is 0.353 e. The number of aromatic nitrogens is 3. The monoisotopic (exact) mass is 350 g/mol. The highest BCUT2D eigenvalue weighted by Crippen LogP contribution is 2.32. The molecule has 0 fully saturated rings. The van der Waals surface area contributed by atoms with Crippen LogP contribution in [0, 0.1) is 17.0 Å². The fourth-order valence-corrected chi connectivity index (χ4v) is 2.43. The molecule has 0 unspecified atom stereocenters. The lowest BCUT2D eigenvalue weighted by Crippen LogP contribution is -2.06. The summed E-state index contributed by atoms with van der Waals surface area (Å²) >= 11 is 0. The molecule has 2 N–H and O–H groups in total. The molecule has 0 amide bonds. The maximum Gasteiger partial charge on any atom is 0.353 e. The van der Waals surface area contributed by atoms with Gasteiger partial charge in [0.1, 0.15) is 12.1 Å². The molecule has 0 aliphatic carbocycles. The number of nitro groups is 1. The first kappa shape index (κ1) is 17.3. The third-order valence-electron chi connectivity index (χ3n) is 3.76. The minimum Gasteiger partial charge on any atom is -0.334 e. The molecule has 1 aromatic carbocycles. The Labute approximate surface area is 150 Å². The van der Waals surface area contributed by atoms with E-state index in [1.54, 1.807) is 6.07 Å². The lowest BCUT2D eigenvalue weighted by atomic mass is 10.1. The van der Waals surface area contributed by atoms with Gasteiger partial charge in [-0.2, -0.15) is 0 Å². The van der Waals surface area contributed by atoms with Crippen LogP contribution >= 0.6 is 0 Å². The Morgan fingerprint density at radius 1 is 1.04 bits per heavy atom. The molecule has 0 radical (unpaired) electrons. The first-order valence-electron chi connectivity index (χ1n) is 8.13. The predicted octanol–water partition coefficient (Wildman–Crippen LogP) is 4.14. The first-order valence-corrected chi connectivity index (χ1v) is 8.13. The van der Waals surface area contributed by atoms with Crippen LogP contribution in [0.1, 0.15) is 18.2 Å². The highest BCUT2D eigenvalue weighted by molar-refractivity contribution is 5.76. The molecule has 3 rings (SSSR count). The van der Waals surface area contributed by atoms with Crippen LogP contribution in [0.2, 0.25) is 0 Å². The number of hydrogen-bond donors (Lipinski definition) is 2. The van der Waals surface area contributed by atoms with Gasteiger partial charge >= 0.3 is 5.69 Å². The number of rotatable bonds is 6. The maximum absolute atomic E-state index is 11.6. The van der Waals surface area contributed by atoms with E-state index in [1.165, 1.54) is 11.9 Å². The summed E-state index contributed by atoms with van der Waals surface area (Å²) in [6, 6.07) is 13.0. The van der Waals surface area contributed by atoms with Gasteiger partial charge in [-0.05, 0) is 43.2 Å². The van der Waals surface area contributed by atoms with Crippen molar-refractivity contribution in [3.63, 3.8) is 0 Å². The maximum atomic E-state index is 11.6. The smallest absolute Gasteiger partial charge is 0.334 e. The second-order valence-corrected chi connectivity index (χ2v) is 5.64. The van der Waals surface area contributed by atoms with E-state index < -0.39 is 4.92 Å². The van der Waals surface area contributed by atoms with E-state index in [0.717, 1.165) is 12.1 Å². The summed E-state index contributed by atoms with van der Waals surface area (Å²) in [6.07, 6.45) is 2.19. The van der Waals surface area contributed by atoms with Crippen LogP contribution < -0.4 is 10.6 Å². The molecule has 0 atom stereocenters. The van der Waals surface area contributed by atoms with E-state index in [4.69, 9.17) is 0 Å². The van der Waals surface area contributed by atoms with Crippen LogP contribution in [0.3, 0.4) is 0 Å². The molecule has 0 aliphatic rings. The van der Waals surface area contributed by atoms with E-state index in [0.29, 0.717) is 11.5 Å². The van der Waals surface area contributed by atoms with Crippen molar-refractivity contribution in [1.29, 1.82) is 0 Å². The summed E-state index contributed by atoms with van der Waals surface area (Å²) in [5.41, 5.74) is 2.45. The van der Waals surface area contributed by atoms with Gasteiger partial charge in [-0.25, -0.2) is 15.0 Å². The normalized spacial score (nSPS) is 10.4. The van der Waals surface area contributed by atoms with Gasteiger partial charge in [-0.15, -0.1) is 0 Å². The van der Waals surface area contributed by atoms with Crippen LogP contribution in [0.15, 0.2) is 48.8 Å². The molecule has 0 saturated heterocycles. The molecule has 0 saturated carbocycles. The van der Waals surface area contributed by atoms with Gasteiger partial charge in [0.2, 0.25) is 11.6 Å². The zero-order valence-corrected chi connectivity index (χ0v) is 14.4. The molecule has 0 aliphatic heterocycles. The Hall–Kier alpha value is -3.55. The van der Waals surface area contributed by atoms with E-state index in [1.807, 2.05) is 43.3 Å². The molecular formula is C18H18N6O2. The Morgan fingerprint density at radius 3 is 2.35 bits per heavy atom. The molecule has 0 bridgehead atoms. The molecule has 2 heterocycles. The summed E-state index contributed by atoms with van der Waals surface area (Å²) in [5.74, 6) is 0.672. The molecule has 2 aromatic heterocycles. The zero-order valence-electron chi connectivity index (χ0n) is 14.4. The van der Waals surface area contributed by atoms with Crippen LogP contribution in [-0.4, -0.2) is 19.9 Å². The van der Waals surface area contributed by atoms with Crippen LogP contribution in [0.4, 0.5) is 28.8 Å². The lowest BCUT2D eigenvalue weighted by Gasteiger charge is -2.10. The average molecular weight is 350 g/mol. The summed E-state index contributed by atoms with van der Waals surface area (Å²) in [7, 11) is 0. The summed E-state index contributed by atoms with van der Waals surface area (Å²) in [6.45, 7) is 3.90. The van der Waals surface area contributed by atoms with Gasteiger partial charge in [0, 0.05) is 11.4 Å². The summed E-state index contributed by atoms with van der Waals surface area (Å²) in [5, 5.41) is 17.5. The van der Waals surface area contributed by atoms with E-state index in [9.17, 15) is 10.1 Å². The number of pyridine rings is 1. The van der Waals surface area contributed by atoms with Crippen LogP contribution in [0.5, 0.6) is 0 Å². The Morgan fingerprint density at radius 2 is 1.73 bits per heavy atom. The van der Waals surface area contributed by atoms with Gasteiger partial charge in [0.25, 0.3) is 0 Å². The Kier molecular flexibility index (Phi) is 5.02. The van der Waals surface area contributed by atoms with Gasteiger partial charge < -0.3 is 10.6 Å². The fourth-order valence-electron chi connectivity index (χ4n) is 2.43. The quantitative estimate of drug-likeness (QED) is 0.508. The zero-order chi connectivity index (χ0) is 18.5. The van der Waals surface area contributed by atoms with Crippen molar-refractivity contribution in [2.45, 2.75) is 20.3 Å². The van der Waals surface area contributed by atoms with Crippen molar-refractivity contribution >= 4 is 28.8 Å². The molecule has 132 valence electrons. The Balaban J connectivity index is 1.93. The number of anilines is 4. The fraction of sp³-hybridized carbons (Fsp3) is 0.167. The van der Waals surface area contributed by atoms with Gasteiger partial charge in [0.05, 0.1) is 4.92 Å². The number of aryl methyl sites for hydroxylation is 2. The highest BCUT2D eigenvalue weighted by atomic mass is 16.6. The van der Waals surface area contributed by atoms with Crippen LogP contribution in [-0.2, 0) is 6.42 Å². The molecule has 8 heteroatoms. The van der Waals surface area contributed by atoms with Crippen molar-refractivity contribution < 1.29 is 4.92 Å². The first-order chi connectivity index (χ1) is 12.6. The average Bonchev–Trinajstić information content (AvgIpc) is 2.62. The van der Waals surface area contributed by atoms with E-state index in [-0.39, 0.29) is 17.3 Å². The second kappa shape index (κ2) is 7.56. The van der Waals surface area contributed by atoms with Crippen molar-refractivity contribution in [3.8, 4) is 0 Å². The van der Waals surface area contributed by atoms with Crippen molar-refractivity contribution in [1.82, 2.24) is 15.0 Å². The molecule has 0 spiro atoms. The number of nitrogens with zero attached hydrogens (tertiary/aromatic N) is 4. The number of nitrogens with one attached hydrogen (secondary N) is 2. The summed E-state index contributed by atoms with van der Waals surface area (Å²) < 4.78 is 0. The molecule has 8 nitrogen and oxygen atoms in total. The molecular weight excluding hydrogens is 332 g/mol. The van der Waals surface area contributed by atoms with Crippen molar-refractivity contribution in [3.05, 3.63) is 70.2 Å². The van der Waals surface area contributed by atoms with Crippen LogP contribution in [0.25, 0.3) is 0 Å². The lowest BCUT2D eigenvalue weighted by molar-refractivity contribution is -0.383. The molecule has 3 aromatic rings. The van der Waals surface area contributed by atoms with Crippen molar-refractivity contribution in [2.24, 2.45) is 0 Å². The number of hydrogen-bond acceptors (Lipinski definition) is 7. The topological polar surface area (TPSA) is 106 Å². The predicted molar refractivity (Wildman–Crippen MR) is 100 cm³/mol. The van der Waals surface area contributed by atoms with Crippen molar-refractivity contribution in [2.75, 3.05) is 10.6 Å². The van der Waals surface area contributed by atoms with E-state index in [2.05, 4.69) is 32.5 Å². The minimum atomic E-state index is -0.513. The standard InChI is InChI=1S/C18H18N6O2/c1-3-13-7-9-14(10-8-13)22-17-16(24(25)26)18(20-11-19-17)23-15-6-4-5-12(2)21-15/h4-11H,3H2,1-2H3,(H2,19,20,21,22,23). The third-order valence-corrected chi connectivity index (χ3v) is 3.76. The highest BCUT2D eigenvalue weighted by Gasteiger charge is 2.23. The Bertz CT molecular complexity index is 927. The molecule has 26 heavy (non-hydrogen) atoms. The minimum absolute atomic E-state index is 0.0794. The second-order valence-electron chi connectivity index (χ2n) is 5.64. The third kappa shape index (κ3) is 3.92. The summed E-state index contributed by atoms with van der Waals surface area (Å²) in [4.78, 5) is 23.4. The SMILES string of the molecule is CCc1ccc(Nc2ncnc(Nc3cccc(C)n3)c2[N+](=O)[O-])cc1. The van der Waals surface area contributed by atoms with Gasteiger partial charge in [0.15, 0.2) is 0 Å². The number of benzene rings is 1. The van der Waals surface area contributed by atoms with Gasteiger partial charge in [-0.1, -0.05) is 25.1 Å².